The average Bonchev–Trinajstić information content (AvgIpc) is 2.48. The van der Waals surface area contributed by atoms with E-state index in [4.69, 9.17) is 4.74 Å². The Bertz CT molecular complexity index is 542. The second-order valence-corrected chi connectivity index (χ2v) is 4.60. The van der Waals surface area contributed by atoms with Gasteiger partial charge in [0.05, 0.1) is 6.61 Å². The minimum Gasteiger partial charge on any atom is -0.377 e. The van der Waals surface area contributed by atoms with Gasteiger partial charge in [-0.1, -0.05) is 42.5 Å². The molecule has 0 radical (unpaired) electrons. The Kier molecular flexibility index (Phi) is 5.71. The molecule has 0 aliphatic heterocycles. The first-order chi connectivity index (χ1) is 9.81. The maximum absolute atomic E-state index is 13.5. The van der Waals surface area contributed by atoms with Gasteiger partial charge in [-0.05, 0) is 24.1 Å². The molecule has 0 atom stereocenters. The van der Waals surface area contributed by atoms with E-state index in [2.05, 4.69) is 17.4 Å². The molecule has 0 bridgehead atoms. The van der Waals surface area contributed by atoms with Crippen LogP contribution in [0.1, 0.15) is 23.6 Å². The molecule has 2 aromatic carbocycles. The number of halogens is 1. The zero-order valence-electron chi connectivity index (χ0n) is 11.7. The van der Waals surface area contributed by atoms with Crippen LogP contribution in [0, 0.1) is 5.82 Å². The van der Waals surface area contributed by atoms with Crippen molar-refractivity contribution in [1.29, 1.82) is 0 Å². The van der Waals surface area contributed by atoms with Crippen LogP contribution in [-0.2, 0) is 24.4 Å². The van der Waals surface area contributed by atoms with E-state index in [0.717, 1.165) is 0 Å². The topological polar surface area (TPSA) is 21.3 Å². The lowest BCUT2D eigenvalue weighted by Gasteiger charge is -2.11. The van der Waals surface area contributed by atoms with Crippen molar-refractivity contribution in [3.63, 3.8) is 0 Å². The van der Waals surface area contributed by atoms with Crippen molar-refractivity contribution in [3.8, 4) is 0 Å². The van der Waals surface area contributed by atoms with Gasteiger partial charge in [0.2, 0.25) is 0 Å². The van der Waals surface area contributed by atoms with Gasteiger partial charge < -0.3 is 10.1 Å². The zero-order chi connectivity index (χ0) is 14.2. The number of hydrogen-bond acceptors (Lipinski definition) is 2. The number of rotatable bonds is 7. The molecule has 0 saturated heterocycles. The molecule has 106 valence electrons. The van der Waals surface area contributed by atoms with Crippen LogP contribution < -0.4 is 5.32 Å². The Morgan fingerprint density at radius 2 is 1.50 bits per heavy atom. The molecule has 0 aliphatic rings. The van der Waals surface area contributed by atoms with Gasteiger partial charge >= 0.3 is 0 Å². The monoisotopic (exact) mass is 273 g/mol. The maximum Gasteiger partial charge on any atom is 0.127 e. The highest BCUT2D eigenvalue weighted by Crippen LogP contribution is 2.11. The fourth-order valence-electron chi connectivity index (χ4n) is 2.06. The summed E-state index contributed by atoms with van der Waals surface area (Å²) in [7, 11) is 0. The summed E-state index contributed by atoms with van der Waals surface area (Å²) in [6.07, 6.45) is 0. The van der Waals surface area contributed by atoms with Gasteiger partial charge in [-0.25, -0.2) is 4.39 Å². The standard InChI is InChI=1S/C17H20FNO/c1-2-20-13-16-9-4-3-7-14(16)11-19-12-15-8-5-6-10-17(15)18/h3-10,19H,2,11-13H2,1H3. The first-order valence-electron chi connectivity index (χ1n) is 6.90. The number of nitrogens with one attached hydrogen (secondary N) is 1. The molecule has 0 aromatic heterocycles. The van der Waals surface area contributed by atoms with E-state index < -0.39 is 0 Å². The molecule has 0 spiro atoms. The third-order valence-electron chi connectivity index (χ3n) is 3.17. The predicted molar refractivity (Wildman–Crippen MR) is 78.7 cm³/mol. The molecule has 2 rings (SSSR count). The number of ether oxygens (including phenoxy) is 1. The van der Waals surface area contributed by atoms with Crippen molar-refractivity contribution >= 4 is 0 Å². The van der Waals surface area contributed by atoms with Crippen LogP contribution in [0.5, 0.6) is 0 Å². The molecule has 0 aliphatic carbocycles. The van der Waals surface area contributed by atoms with E-state index in [9.17, 15) is 4.39 Å². The van der Waals surface area contributed by atoms with Crippen LogP contribution in [0.4, 0.5) is 4.39 Å². The van der Waals surface area contributed by atoms with Crippen LogP contribution in [0.3, 0.4) is 0 Å². The largest absolute Gasteiger partial charge is 0.377 e. The lowest BCUT2D eigenvalue weighted by atomic mass is 10.1. The van der Waals surface area contributed by atoms with Crippen LogP contribution in [0.15, 0.2) is 48.5 Å². The average molecular weight is 273 g/mol. The van der Waals surface area contributed by atoms with E-state index >= 15 is 0 Å². The molecular weight excluding hydrogens is 253 g/mol. The van der Waals surface area contributed by atoms with E-state index in [1.54, 1.807) is 12.1 Å². The Hall–Kier alpha value is -1.71. The SMILES string of the molecule is CCOCc1ccccc1CNCc1ccccc1F. The molecule has 1 N–H and O–H groups in total. The zero-order valence-corrected chi connectivity index (χ0v) is 11.7. The minimum absolute atomic E-state index is 0.164. The highest BCUT2D eigenvalue weighted by molar-refractivity contribution is 5.26. The normalized spacial score (nSPS) is 10.7. The van der Waals surface area contributed by atoms with Crippen LogP contribution in [0.2, 0.25) is 0 Å². The van der Waals surface area contributed by atoms with Crippen molar-refractivity contribution in [2.45, 2.75) is 26.6 Å². The van der Waals surface area contributed by atoms with E-state index in [1.807, 2.05) is 25.1 Å². The van der Waals surface area contributed by atoms with Gasteiger partial charge in [-0.3, -0.25) is 0 Å². The molecule has 0 unspecified atom stereocenters. The molecule has 2 aromatic rings. The molecular formula is C17H20FNO. The van der Waals surface area contributed by atoms with Gasteiger partial charge in [-0.15, -0.1) is 0 Å². The van der Waals surface area contributed by atoms with E-state index in [0.29, 0.717) is 31.9 Å². The van der Waals surface area contributed by atoms with Crippen molar-refractivity contribution in [2.24, 2.45) is 0 Å². The summed E-state index contributed by atoms with van der Waals surface area (Å²) in [5.74, 6) is -0.164. The Morgan fingerprint density at radius 3 is 2.20 bits per heavy atom. The molecule has 0 heterocycles. The summed E-state index contributed by atoms with van der Waals surface area (Å²) in [6.45, 7) is 4.54. The molecule has 0 fully saturated rings. The Morgan fingerprint density at radius 1 is 0.900 bits per heavy atom. The maximum atomic E-state index is 13.5. The highest BCUT2D eigenvalue weighted by Gasteiger charge is 2.03. The lowest BCUT2D eigenvalue weighted by Crippen LogP contribution is -2.15. The van der Waals surface area contributed by atoms with Gasteiger partial charge in [0, 0.05) is 25.3 Å². The third kappa shape index (κ3) is 4.15. The summed E-state index contributed by atoms with van der Waals surface area (Å²) in [4.78, 5) is 0. The minimum atomic E-state index is -0.164. The smallest absolute Gasteiger partial charge is 0.127 e. The van der Waals surface area contributed by atoms with Crippen LogP contribution in [-0.4, -0.2) is 6.61 Å². The van der Waals surface area contributed by atoms with E-state index in [-0.39, 0.29) is 5.82 Å². The summed E-state index contributed by atoms with van der Waals surface area (Å²) in [6, 6.07) is 15.0. The van der Waals surface area contributed by atoms with Gasteiger partial charge in [-0.2, -0.15) is 0 Å². The summed E-state index contributed by atoms with van der Waals surface area (Å²) < 4.78 is 19.0. The molecule has 0 amide bonds. The van der Waals surface area contributed by atoms with E-state index in [1.165, 1.54) is 17.2 Å². The lowest BCUT2D eigenvalue weighted by molar-refractivity contribution is 0.133. The summed E-state index contributed by atoms with van der Waals surface area (Å²) in [5, 5.41) is 3.28. The first-order valence-corrected chi connectivity index (χ1v) is 6.90. The number of benzene rings is 2. The van der Waals surface area contributed by atoms with Crippen molar-refractivity contribution in [1.82, 2.24) is 5.32 Å². The molecule has 2 nitrogen and oxygen atoms in total. The fourth-order valence-corrected chi connectivity index (χ4v) is 2.06. The highest BCUT2D eigenvalue weighted by atomic mass is 19.1. The van der Waals surface area contributed by atoms with Gasteiger partial charge in [0.1, 0.15) is 5.82 Å². The van der Waals surface area contributed by atoms with Crippen LogP contribution in [0.25, 0.3) is 0 Å². The second kappa shape index (κ2) is 7.78. The van der Waals surface area contributed by atoms with Crippen molar-refractivity contribution < 1.29 is 9.13 Å². The number of hydrogen-bond donors (Lipinski definition) is 1. The molecule has 20 heavy (non-hydrogen) atoms. The molecule has 3 heteroatoms. The third-order valence-corrected chi connectivity index (χ3v) is 3.17. The Balaban J connectivity index is 1.92. The van der Waals surface area contributed by atoms with Crippen molar-refractivity contribution in [3.05, 3.63) is 71.0 Å². The fraction of sp³-hybridized carbons (Fsp3) is 0.294. The Labute approximate surface area is 119 Å². The van der Waals surface area contributed by atoms with Crippen LogP contribution >= 0.6 is 0 Å². The van der Waals surface area contributed by atoms with Crippen molar-refractivity contribution in [2.75, 3.05) is 6.61 Å². The predicted octanol–water partition coefficient (Wildman–Crippen LogP) is 3.65. The summed E-state index contributed by atoms with van der Waals surface area (Å²) >= 11 is 0. The van der Waals surface area contributed by atoms with Gasteiger partial charge in [0.25, 0.3) is 0 Å². The first kappa shape index (κ1) is 14.7. The summed E-state index contributed by atoms with van der Waals surface area (Å²) in [5.41, 5.74) is 3.06. The molecule has 0 saturated carbocycles. The second-order valence-electron chi connectivity index (χ2n) is 4.60. The quantitative estimate of drug-likeness (QED) is 0.831. The van der Waals surface area contributed by atoms with Gasteiger partial charge in [0.15, 0.2) is 0 Å².